The minimum Gasteiger partial charge on any atom is -0.451 e. The Balaban J connectivity index is 1.71. The summed E-state index contributed by atoms with van der Waals surface area (Å²) in [7, 11) is 0. The second kappa shape index (κ2) is 7.28. The van der Waals surface area contributed by atoms with Gasteiger partial charge in [0.15, 0.2) is 11.9 Å². The molecule has 188 valence electrons. The highest BCUT2D eigenvalue weighted by molar-refractivity contribution is 5.83. The molecule has 5 aliphatic rings. The summed E-state index contributed by atoms with van der Waals surface area (Å²) < 4.78 is 18.5. The number of fused-ring (bicyclic) bond motifs is 5. The van der Waals surface area contributed by atoms with Gasteiger partial charge in [0.1, 0.15) is 11.7 Å². The molecule has 0 amide bonds. The maximum absolute atomic E-state index is 12.9. The van der Waals surface area contributed by atoms with E-state index in [0.29, 0.717) is 18.4 Å². The van der Waals surface area contributed by atoms with Crippen LogP contribution in [0.25, 0.3) is 0 Å². The van der Waals surface area contributed by atoms with Crippen molar-refractivity contribution in [1.29, 1.82) is 0 Å². The van der Waals surface area contributed by atoms with Gasteiger partial charge in [0.2, 0.25) is 0 Å². The van der Waals surface area contributed by atoms with Gasteiger partial charge in [-0.3, -0.25) is 0 Å². The van der Waals surface area contributed by atoms with Crippen molar-refractivity contribution in [3.8, 4) is 0 Å². The summed E-state index contributed by atoms with van der Waals surface area (Å²) in [4.78, 5) is 12.8. The van der Waals surface area contributed by atoms with Gasteiger partial charge in [0, 0.05) is 12.0 Å². The van der Waals surface area contributed by atoms with E-state index in [0.717, 1.165) is 23.1 Å². The molecule has 1 heterocycles. The predicted molar refractivity (Wildman–Crippen MR) is 127 cm³/mol. The molecule has 0 radical (unpaired) electrons. The molecule has 1 saturated heterocycles. The van der Waals surface area contributed by atoms with Crippen molar-refractivity contribution >= 4 is 5.97 Å². The molecule has 5 rings (SSSR count). The van der Waals surface area contributed by atoms with E-state index in [1.54, 1.807) is 0 Å². The molecule has 2 bridgehead atoms. The number of rotatable bonds is 2. The molecule has 0 aromatic rings. The van der Waals surface area contributed by atoms with E-state index < -0.39 is 41.1 Å². The van der Waals surface area contributed by atoms with Gasteiger partial charge in [0.05, 0.1) is 18.1 Å². The Morgan fingerprint density at radius 1 is 1.24 bits per heavy atom. The van der Waals surface area contributed by atoms with Crippen molar-refractivity contribution < 1.29 is 29.2 Å². The van der Waals surface area contributed by atoms with Crippen LogP contribution in [0.2, 0.25) is 0 Å². The van der Waals surface area contributed by atoms with Crippen LogP contribution in [-0.4, -0.2) is 52.5 Å². The molecular weight excluding hydrogens is 432 g/mol. The van der Waals surface area contributed by atoms with Gasteiger partial charge in [-0.05, 0) is 75.4 Å². The zero-order valence-electron chi connectivity index (χ0n) is 21.7. The van der Waals surface area contributed by atoms with Crippen LogP contribution in [0.3, 0.4) is 0 Å². The molecule has 2 saturated carbocycles. The minimum atomic E-state index is -1.66. The lowest BCUT2D eigenvalue weighted by molar-refractivity contribution is -0.312. The number of aliphatic hydroxyl groups excluding tert-OH is 1. The quantitative estimate of drug-likeness (QED) is 0.360. The first-order valence-electron chi connectivity index (χ1n) is 12.6. The molecule has 6 nitrogen and oxygen atoms in total. The van der Waals surface area contributed by atoms with Crippen LogP contribution in [-0.2, 0) is 19.0 Å². The molecule has 6 heteroatoms. The third kappa shape index (κ3) is 3.04. The molecule has 1 spiro atoms. The van der Waals surface area contributed by atoms with E-state index in [2.05, 4.69) is 26.8 Å². The lowest BCUT2D eigenvalue weighted by Gasteiger charge is -2.55. The summed E-state index contributed by atoms with van der Waals surface area (Å²) in [6.07, 6.45) is 3.92. The van der Waals surface area contributed by atoms with E-state index in [1.165, 1.54) is 6.08 Å². The average molecular weight is 473 g/mol. The third-order valence-corrected chi connectivity index (χ3v) is 9.58. The molecule has 1 aliphatic heterocycles. The van der Waals surface area contributed by atoms with Gasteiger partial charge >= 0.3 is 5.97 Å². The second-order valence-electron chi connectivity index (χ2n) is 12.7. The average Bonchev–Trinajstić information content (AvgIpc) is 3.20. The van der Waals surface area contributed by atoms with Crippen LogP contribution in [0.4, 0.5) is 0 Å². The fourth-order valence-corrected chi connectivity index (χ4v) is 7.99. The van der Waals surface area contributed by atoms with Gasteiger partial charge in [-0.15, -0.1) is 0 Å². The normalized spacial score (nSPS) is 47.5. The van der Waals surface area contributed by atoms with Crippen molar-refractivity contribution in [1.82, 2.24) is 0 Å². The largest absolute Gasteiger partial charge is 0.451 e. The second-order valence-corrected chi connectivity index (χ2v) is 12.7. The standard InChI is InChI=1S/C28H40O6/c1-14(2)9-20(29)33-23-15(3)12-27-16(4)10-19-21(25(19,5)6)18(22(27)30)11-17-13-32-26(7,8)34-24(17)28(23,27)31/h9,11-12,16,18-19,21-24,30-31H,10,13H2,1-8H3. The number of hydrogen-bond acceptors (Lipinski definition) is 6. The topological polar surface area (TPSA) is 85.2 Å². The SMILES string of the molecule is CC(C)=CC(=O)OC1C(C)=CC23C(C)CC4C(C(C=C5COC(C)(C)OC5C12O)C3O)C4(C)C. The third-order valence-electron chi connectivity index (χ3n) is 9.58. The van der Waals surface area contributed by atoms with Crippen molar-refractivity contribution in [2.45, 2.75) is 91.5 Å². The molecule has 0 aromatic heterocycles. The highest BCUT2D eigenvalue weighted by Crippen LogP contribution is 2.73. The van der Waals surface area contributed by atoms with Crippen LogP contribution < -0.4 is 0 Å². The number of carbonyl (C=O) groups excluding carboxylic acids is 1. The lowest BCUT2D eigenvalue weighted by atomic mass is 9.58. The van der Waals surface area contributed by atoms with Crippen LogP contribution in [0.1, 0.15) is 61.8 Å². The summed E-state index contributed by atoms with van der Waals surface area (Å²) >= 11 is 0. The Bertz CT molecular complexity index is 1000. The molecule has 9 atom stereocenters. The van der Waals surface area contributed by atoms with Gasteiger partial charge in [-0.25, -0.2) is 4.79 Å². The maximum Gasteiger partial charge on any atom is 0.331 e. The Labute approximate surface area is 203 Å². The van der Waals surface area contributed by atoms with E-state index >= 15 is 0 Å². The summed E-state index contributed by atoms with van der Waals surface area (Å²) in [5, 5.41) is 25.1. The molecule has 2 N–H and O–H groups in total. The minimum absolute atomic E-state index is 0.0452. The first kappa shape index (κ1) is 24.2. The molecule has 4 aliphatic carbocycles. The van der Waals surface area contributed by atoms with Crippen LogP contribution >= 0.6 is 0 Å². The van der Waals surface area contributed by atoms with Gasteiger partial charge in [0.25, 0.3) is 0 Å². The number of esters is 1. The summed E-state index contributed by atoms with van der Waals surface area (Å²) in [5.74, 6) is -0.829. The van der Waals surface area contributed by atoms with Crippen molar-refractivity contribution in [2.75, 3.05) is 6.61 Å². The molecule has 3 fully saturated rings. The van der Waals surface area contributed by atoms with Crippen LogP contribution in [0.15, 0.2) is 34.9 Å². The molecular formula is C28H40O6. The first-order chi connectivity index (χ1) is 15.7. The van der Waals surface area contributed by atoms with Gasteiger partial charge in [-0.1, -0.05) is 38.5 Å². The number of aliphatic hydroxyl groups is 2. The Morgan fingerprint density at radius 2 is 1.91 bits per heavy atom. The molecule has 0 aromatic carbocycles. The zero-order chi connectivity index (χ0) is 25.0. The first-order valence-corrected chi connectivity index (χ1v) is 12.6. The van der Waals surface area contributed by atoms with Gasteiger partial charge < -0.3 is 24.4 Å². The number of hydrogen-bond donors (Lipinski definition) is 2. The van der Waals surface area contributed by atoms with E-state index in [1.807, 2.05) is 40.7 Å². The van der Waals surface area contributed by atoms with E-state index in [9.17, 15) is 15.0 Å². The summed E-state index contributed by atoms with van der Waals surface area (Å²) in [5.41, 5.74) is -0.150. The number of ether oxygens (including phenoxy) is 3. The van der Waals surface area contributed by atoms with Crippen molar-refractivity contribution in [2.24, 2.45) is 34.5 Å². The molecule has 9 unspecified atom stereocenters. The van der Waals surface area contributed by atoms with Gasteiger partial charge in [-0.2, -0.15) is 0 Å². The highest BCUT2D eigenvalue weighted by Gasteiger charge is 2.77. The smallest absolute Gasteiger partial charge is 0.331 e. The monoisotopic (exact) mass is 472 g/mol. The maximum atomic E-state index is 12.9. The van der Waals surface area contributed by atoms with Crippen LogP contribution in [0.5, 0.6) is 0 Å². The fourth-order valence-electron chi connectivity index (χ4n) is 7.99. The van der Waals surface area contributed by atoms with Crippen molar-refractivity contribution in [3.63, 3.8) is 0 Å². The Kier molecular flexibility index (Phi) is 5.19. The van der Waals surface area contributed by atoms with Crippen molar-refractivity contribution in [3.05, 3.63) is 34.9 Å². The summed E-state index contributed by atoms with van der Waals surface area (Å²) in [6, 6.07) is 0. The van der Waals surface area contributed by atoms with Crippen LogP contribution in [0, 0.1) is 34.5 Å². The molecule has 34 heavy (non-hydrogen) atoms. The highest BCUT2D eigenvalue weighted by atomic mass is 16.7. The fraction of sp³-hybridized carbons (Fsp3) is 0.750. The van der Waals surface area contributed by atoms with E-state index in [4.69, 9.17) is 14.2 Å². The Hall–Kier alpha value is -1.47. The lowest BCUT2D eigenvalue weighted by Crippen LogP contribution is -2.69. The zero-order valence-corrected chi connectivity index (χ0v) is 21.7. The summed E-state index contributed by atoms with van der Waals surface area (Å²) in [6.45, 7) is 16.2. The van der Waals surface area contributed by atoms with E-state index in [-0.39, 0.29) is 17.3 Å². The predicted octanol–water partition coefficient (Wildman–Crippen LogP) is 3.92. The number of allylic oxidation sites excluding steroid dienone is 1. The Morgan fingerprint density at radius 3 is 2.56 bits per heavy atom. The number of carbonyl (C=O) groups is 1.